The predicted molar refractivity (Wildman–Crippen MR) is 83.5 cm³/mol. The van der Waals surface area contributed by atoms with Crippen LogP contribution in [0.4, 0.5) is 0 Å². The molecule has 0 aliphatic heterocycles. The molecule has 0 aromatic heterocycles. The molecule has 0 amide bonds. The standard InChI is InChI=1S/C15H28NO3Si.ClH/c1-16(2,3)13-15-9-7-14(8-10-15)11-12-20(17-4,18-5)19-6;/h7-10H,11-13H2,1-6H3;1H/q+1;/p-1. The smallest absolute Gasteiger partial charge is 0.500 e. The van der Waals surface area contributed by atoms with Crippen molar-refractivity contribution in [1.82, 2.24) is 0 Å². The van der Waals surface area contributed by atoms with Crippen molar-refractivity contribution in [2.45, 2.75) is 19.0 Å². The van der Waals surface area contributed by atoms with E-state index >= 15 is 0 Å². The van der Waals surface area contributed by atoms with Crippen LogP contribution >= 0.6 is 0 Å². The van der Waals surface area contributed by atoms with Crippen LogP contribution in [0.3, 0.4) is 0 Å². The SMILES string of the molecule is CO[Si](CCc1ccc(C[N+](C)(C)C)cc1)(OC)OC.[Cl-]. The third kappa shape index (κ3) is 6.91. The van der Waals surface area contributed by atoms with Gasteiger partial charge < -0.3 is 30.2 Å². The summed E-state index contributed by atoms with van der Waals surface area (Å²) >= 11 is 0. The Bertz CT molecular complexity index is 394. The molecule has 0 radical (unpaired) electrons. The summed E-state index contributed by atoms with van der Waals surface area (Å²) in [5.74, 6) is 0. The molecule has 0 spiro atoms. The highest BCUT2D eigenvalue weighted by atomic mass is 35.5. The third-order valence-corrected chi connectivity index (χ3v) is 6.06. The molecule has 1 aromatic rings. The summed E-state index contributed by atoms with van der Waals surface area (Å²) in [7, 11) is 9.11. The second-order valence-electron chi connectivity index (χ2n) is 6.06. The molecule has 0 bridgehead atoms. The first-order chi connectivity index (χ1) is 9.34. The lowest BCUT2D eigenvalue weighted by atomic mass is 10.1. The van der Waals surface area contributed by atoms with Crippen LogP contribution in [0.5, 0.6) is 0 Å². The Balaban J connectivity index is 0.00000400. The first kappa shape index (κ1) is 20.6. The average molecular weight is 334 g/mol. The summed E-state index contributed by atoms with van der Waals surface area (Å²) in [5, 5.41) is 0. The van der Waals surface area contributed by atoms with Crippen molar-refractivity contribution in [3.05, 3.63) is 35.4 Å². The fourth-order valence-electron chi connectivity index (χ4n) is 2.21. The minimum absolute atomic E-state index is 0. The number of halogens is 1. The molecule has 21 heavy (non-hydrogen) atoms. The maximum atomic E-state index is 5.44. The van der Waals surface area contributed by atoms with E-state index in [0.717, 1.165) is 23.5 Å². The van der Waals surface area contributed by atoms with Gasteiger partial charge >= 0.3 is 8.80 Å². The minimum Gasteiger partial charge on any atom is -1.00 e. The quantitative estimate of drug-likeness (QED) is 0.466. The van der Waals surface area contributed by atoms with Gasteiger partial charge in [0.1, 0.15) is 6.54 Å². The second-order valence-corrected chi connectivity index (χ2v) is 9.15. The maximum Gasteiger partial charge on any atom is 0.500 e. The zero-order valence-corrected chi connectivity index (χ0v) is 15.7. The molecule has 1 aromatic carbocycles. The van der Waals surface area contributed by atoms with Crippen LogP contribution < -0.4 is 12.4 Å². The fraction of sp³-hybridized carbons (Fsp3) is 0.600. The number of aryl methyl sites for hydroxylation is 1. The van der Waals surface area contributed by atoms with Gasteiger partial charge in [0.15, 0.2) is 0 Å². The van der Waals surface area contributed by atoms with E-state index in [2.05, 4.69) is 45.4 Å². The molecular formula is C15H28ClNO3Si. The lowest BCUT2D eigenvalue weighted by Crippen LogP contribution is -3.00. The first-order valence-electron chi connectivity index (χ1n) is 6.88. The Morgan fingerprint density at radius 3 is 1.67 bits per heavy atom. The van der Waals surface area contributed by atoms with Crippen LogP contribution in [0.25, 0.3) is 0 Å². The molecule has 0 aliphatic carbocycles. The van der Waals surface area contributed by atoms with Crippen LogP contribution in [0.15, 0.2) is 24.3 Å². The number of benzene rings is 1. The van der Waals surface area contributed by atoms with Gasteiger partial charge in [0.05, 0.1) is 21.1 Å². The van der Waals surface area contributed by atoms with E-state index in [0.29, 0.717) is 0 Å². The van der Waals surface area contributed by atoms with Gasteiger partial charge in [0.2, 0.25) is 0 Å². The van der Waals surface area contributed by atoms with E-state index in [1.54, 1.807) is 21.3 Å². The number of nitrogens with zero attached hydrogens (tertiary/aromatic N) is 1. The largest absolute Gasteiger partial charge is 1.00 e. The van der Waals surface area contributed by atoms with E-state index in [1.165, 1.54) is 11.1 Å². The van der Waals surface area contributed by atoms with Crippen molar-refractivity contribution >= 4 is 8.80 Å². The molecule has 1 rings (SSSR count). The number of hydrogen-bond donors (Lipinski definition) is 0. The summed E-state index contributed by atoms with van der Waals surface area (Å²) in [6.45, 7) is 1.03. The van der Waals surface area contributed by atoms with Gasteiger partial charge in [0, 0.05) is 32.9 Å². The fourth-order valence-corrected chi connectivity index (χ4v) is 3.92. The monoisotopic (exact) mass is 333 g/mol. The van der Waals surface area contributed by atoms with Crippen molar-refractivity contribution in [1.29, 1.82) is 0 Å². The van der Waals surface area contributed by atoms with Gasteiger partial charge in [-0.2, -0.15) is 0 Å². The number of quaternary nitrogens is 1. The highest BCUT2D eigenvalue weighted by molar-refractivity contribution is 6.60. The van der Waals surface area contributed by atoms with Gasteiger partial charge in [0.25, 0.3) is 0 Å². The summed E-state index contributed by atoms with van der Waals surface area (Å²) in [4.78, 5) is 0. The molecule has 0 atom stereocenters. The van der Waals surface area contributed by atoms with Crippen LogP contribution in [0.2, 0.25) is 6.04 Å². The molecule has 0 aliphatic rings. The molecule has 4 nitrogen and oxygen atoms in total. The van der Waals surface area contributed by atoms with Crippen LogP contribution in [0, 0.1) is 0 Å². The van der Waals surface area contributed by atoms with Crippen molar-refractivity contribution in [3.8, 4) is 0 Å². The van der Waals surface area contributed by atoms with Gasteiger partial charge in [-0.05, 0) is 12.0 Å². The Kier molecular flexibility index (Phi) is 8.69. The molecule has 0 saturated carbocycles. The highest BCUT2D eigenvalue weighted by Crippen LogP contribution is 2.17. The Morgan fingerprint density at radius 2 is 1.29 bits per heavy atom. The Labute approximate surface area is 136 Å². The molecule has 0 heterocycles. The van der Waals surface area contributed by atoms with E-state index in [1.807, 2.05) is 0 Å². The molecule has 122 valence electrons. The van der Waals surface area contributed by atoms with Gasteiger partial charge in [-0.1, -0.05) is 24.3 Å². The number of rotatable bonds is 8. The molecule has 0 fully saturated rings. The van der Waals surface area contributed by atoms with Crippen LogP contribution in [-0.4, -0.2) is 55.8 Å². The summed E-state index contributed by atoms with van der Waals surface area (Å²) in [6, 6.07) is 9.57. The Morgan fingerprint density at radius 1 is 0.857 bits per heavy atom. The molecule has 6 heteroatoms. The zero-order chi connectivity index (χ0) is 15.2. The summed E-state index contributed by atoms with van der Waals surface area (Å²) in [6.07, 6.45) is 0.909. The summed E-state index contributed by atoms with van der Waals surface area (Å²) in [5.41, 5.74) is 2.65. The molecule has 0 unspecified atom stereocenters. The van der Waals surface area contributed by atoms with Crippen LogP contribution in [0.1, 0.15) is 11.1 Å². The lowest BCUT2D eigenvalue weighted by Gasteiger charge is -2.25. The second kappa shape index (κ2) is 8.88. The average Bonchev–Trinajstić information content (AvgIpc) is 2.41. The predicted octanol–water partition coefficient (Wildman–Crippen LogP) is -0.683. The first-order valence-corrected chi connectivity index (χ1v) is 8.81. The topological polar surface area (TPSA) is 27.7 Å². The van der Waals surface area contributed by atoms with Crippen molar-refractivity contribution < 1.29 is 30.2 Å². The normalized spacial score (nSPS) is 12.1. The Hall–Kier alpha value is -0.433. The van der Waals surface area contributed by atoms with Gasteiger partial charge in [-0.15, -0.1) is 0 Å². The van der Waals surface area contributed by atoms with Crippen molar-refractivity contribution in [3.63, 3.8) is 0 Å². The zero-order valence-electron chi connectivity index (χ0n) is 14.0. The van der Waals surface area contributed by atoms with E-state index in [9.17, 15) is 0 Å². The van der Waals surface area contributed by atoms with E-state index in [-0.39, 0.29) is 12.4 Å². The molecule has 0 saturated heterocycles. The maximum absolute atomic E-state index is 5.44. The van der Waals surface area contributed by atoms with E-state index < -0.39 is 8.80 Å². The van der Waals surface area contributed by atoms with E-state index in [4.69, 9.17) is 13.3 Å². The highest BCUT2D eigenvalue weighted by Gasteiger charge is 2.37. The van der Waals surface area contributed by atoms with Crippen LogP contribution in [-0.2, 0) is 26.2 Å². The minimum atomic E-state index is -2.46. The lowest BCUT2D eigenvalue weighted by molar-refractivity contribution is -0.884. The van der Waals surface area contributed by atoms with Crippen molar-refractivity contribution in [2.75, 3.05) is 42.5 Å². The van der Waals surface area contributed by atoms with Gasteiger partial charge in [-0.3, -0.25) is 0 Å². The third-order valence-electron chi connectivity index (χ3n) is 3.33. The summed E-state index contributed by atoms with van der Waals surface area (Å²) < 4.78 is 17.3. The van der Waals surface area contributed by atoms with Gasteiger partial charge in [-0.25, -0.2) is 0 Å². The molecule has 0 N–H and O–H groups in total. The molecular weight excluding hydrogens is 306 g/mol. The number of hydrogen-bond acceptors (Lipinski definition) is 3. The van der Waals surface area contributed by atoms with Crippen molar-refractivity contribution in [2.24, 2.45) is 0 Å².